The molecule has 0 saturated carbocycles. The third kappa shape index (κ3) is 6.05. The maximum absolute atomic E-state index is 13.7. The lowest BCUT2D eigenvalue weighted by Gasteiger charge is -2.37. The van der Waals surface area contributed by atoms with Crippen LogP contribution in [0, 0.1) is 24.2 Å². The molecule has 0 radical (unpaired) electrons. The predicted molar refractivity (Wildman–Crippen MR) is 139 cm³/mol. The van der Waals surface area contributed by atoms with E-state index in [9.17, 15) is 9.90 Å². The maximum atomic E-state index is 13.7. The molecule has 1 aliphatic heterocycles. The first kappa shape index (κ1) is 26.4. The number of nitrogens with one attached hydrogen (secondary N) is 1. The quantitative estimate of drug-likeness (QED) is 0.528. The Morgan fingerprint density at radius 2 is 2.00 bits per heavy atom. The number of β-amino-alcohol motifs (C(OH)–C–C–N with tert-alkyl or cyclic N) is 1. The van der Waals surface area contributed by atoms with Crippen LogP contribution in [0.1, 0.15) is 71.7 Å². The Kier molecular flexibility index (Phi) is 8.19. The normalized spacial score (nSPS) is 20.4. The van der Waals surface area contributed by atoms with Crippen molar-refractivity contribution in [3.63, 3.8) is 0 Å². The number of aromatic nitrogens is 2. The average molecular weight is 485 g/mol. The Hall–Kier alpha value is -2.25. The van der Waals surface area contributed by atoms with E-state index in [-0.39, 0.29) is 29.3 Å². The van der Waals surface area contributed by atoms with Crippen molar-refractivity contribution in [2.24, 2.45) is 17.3 Å². The largest absolute Gasteiger partial charge is 0.391 e. The van der Waals surface area contributed by atoms with Gasteiger partial charge in [0.15, 0.2) is 0 Å². The Balaban J connectivity index is 1.72. The van der Waals surface area contributed by atoms with Gasteiger partial charge in [-0.1, -0.05) is 47.3 Å². The highest BCUT2D eigenvalue weighted by molar-refractivity contribution is 7.13. The van der Waals surface area contributed by atoms with E-state index < -0.39 is 6.10 Å². The molecule has 0 unspecified atom stereocenters. The molecule has 0 bridgehead atoms. The van der Waals surface area contributed by atoms with Crippen LogP contribution < -0.4 is 5.32 Å². The molecule has 3 rings (SSSR count). The van der Waals surface area contributed by atoms with Crippen molar-refractivity contribution in [1.82, 2.24) is 20.2 Å². The van der Waals surface area contributed by atoms with Gasteiger partial charge in [-0.2, -0.15) is 0 Å². The van der Waals surface area contributed by atoms with E-state index >= 15 is 0 Å². The van der Waals surface area contributed by atoms with E-state index in [1.807, 2.05) is 29.6 Å². The Morgan fingerprint density at radius 3 is 2.53 bits per heavy atom. The van der Waals surface area contributed by atoms with Gasteiger partial charge in [0.2, 0.25) is 5.91 Å². The highest BCUT2D eigenvalue weighted by Crippen LogP contribution is 2.36. The second kappa shape index (κ2) is 10.6. The summed E-state index contributed by atoms with van der Waals surface area (Å²) in [5.41, 5.74) is 5.39. The Morgan fingerprint density at radius 1 is 1.29 bits per heavy atom. The van der Waals surface area contributed by atoms with Gasteiger partial charge in [-0.15, -0.1) is 11.3 Å². The number of hydrogen-bond acceptors (Lipinski definition) is 6. The van der Waals surface area contributed by atoms with Crippen LogP contribution in [0.5, 0.6) is 0 Å². The lowest BCUT2D eigenvalue weighted by Crippen LogP contribution is -2.46. The molecule has 34 heavy (non-hydrogen) atoms. The summed E-state index contributed by atoms with van der Waals surface area (Å²) in [5.74, 6) is 0.437. The Bertz CT molecular complexity index is 993. The maximum Gasteiger partial charge on any atom is 0.226 e. The summed E-state index contributed by atoms with van der Waals surface area (Å²) >= 11 is 1.59. The fourth-order valence-corrected chi connectivity index (χ4v) is 5.47. The number of hydrogen-bond donors (Lipinski definition) is 2. The Labute approximate surface area is 208 Å². The summed E-state index contributed by atoms with van der Waals surface area (Å²) in [6.07, 6.45) is 2.68. The molecular formula is C27H40N4O2S. The van der Waals surface area contributed by atoms with Gasteiger partial charge in [0.25, 0.3) is 0 Å². The molecule has 0 spiro atoms. The van der Waals surface area contributed by atoms with E-state index in [2.05, 4.69) is 69.5 Å². The van der Waals surface area contributed by atoms with Crippen LogP contribution in [0.4, 0.5) is 0 Å². The molecule has 3 heterocycles. The number of likely N-dealkylation sites (tertiary alicyclic amines) is 1. The molecule has 1 fully saturated rings. The zero-order valence-corrected chi connectivity index (χ0v) is 22.4. The third-order valence-electron chi connectivity index (χ3n) is 6.68. The molecule has 0 aliphatic carbocycles. The molecule has 2 N–H and O–H groups in total. The summed E-state index contributed by atoms with van der Waals surface area (Å²) in [4.78, 5) is 25.5. The summed E-state index contributed by atoms with van der Waals surface area (Å²) in [7, 11) is 0. The average Bonchev–Trinajstić information content (AvgIpc) is 3.36. The monoisotopic (exact) mass is 484 g/mol. The van der Waals surface area contributed by atoms with Crippen molar-refractivity contribution in [3.05, 3.63) is 47.4 Å². The number of nitrogens with zero attached hydrogens (tertiary/aromatic N) is 3. The molecule has 7 heteroatoms. The minimum absolute atomic E-state index is 0.0274. The predicted octanol–water partition coefficient (Wildman–Crippen LogP) is 5.35. The van der Waals surface area contributed by atoms with Crippen molar-refractivity contribution in [2.75, 3.05) is 6.54 Å². The van der Waals surface area contributed by atoms with Crippen LogP contribution in [0.3, 0.4) is 0 Å². The van der Waals surface area contributed by atoms with Gasteiger partial charge in [0.1, 0.15) is 0 Å². The van der Waals surface area contributed by atoms with Gasteiger partial charge in [-0.05, 0) is 43.2 Å². The highest BCUT2D eigenvalue weighted by Gasteiger charge is 2.42. The lowest BCUT2D eigenvalue weighted by molar-refractivity contribution is -0.140. The summed E-state index contributed by atoms with van der Waals surface area (Å²) in [6.45, 7) is 19.4. The van der Waals surface area contributed by atoms with E-state index in [4.69, 9.17) is 0 Å². The van der Waals surface area contributed by atoms with E-state index in [1.165, 1.54) is 0 Å². The van der Waals surface area contributed by atoms with Gasteiger partial charge in [-0.3, -0.25) is 9.78 Å². The van der Waals surface area contributed by atoms with E-state index in [0.717, 1.165) is 33.9 Å². The summed E-state index contributed by atoms with van der Waals surface area (Å²) < 4.78 is 0. The number of aliphatic hydroxyl groups is 1. The van der Waals surface area contributed by atoms with Crippen molar-refractivity contribution >= 4 is 17.2 Å². The fourth-order valence-electron chi connectivity index (χ4n) is 4.69. The number of rotatable bonds is 8. The molecule has 1 amide bonds. The summed E-state index contributed by atoms with van der Waals surface area (Å²) in [5, 5.41) is 13.9. The second-order valence-corrected chi connectivity index (χ2v) is 11.9. The molecule has 186 valence electrons. The third-order valence-corrected chi connectivity index (χ3v) is 7.63. The first-order chi connectivity index (χ1) is 15.9. The van der Waals surface area contributed by atoms with Crippen LogP contribution in [0.2, 0.25) is 0 Å². The molecule has 2 aromatic rings. The fraction of sp³-hybridized carbons (Fsp3) is 0.593. The first-order valence-corrected chi connectivity index (χ1v) is 13.1. The van der Waals surface area contributed by atoms with Gasteiger partial charge in [0, 0.05) is 36.8 Å². The number of pyridine rings is 1. The number of aryl methyl sites for hydroxylation is 1. The number of amides is 1. The number of carbonyl (C=O) groups excluding carboxylic acids is 1. The molecule has 1 aliphatic rings. The zero-order valence-electron chi connectivity index (χ0n) is 21.6. The SMILES string of the molecule is C=C(N[C@@H](C)c1ccc(-c2scnc2C)nc1)[C@@H]1C[C@@H](O)CN1C(=O)[C@@H](CC(C)C)C(C)(C)C. The number of carbonyl (C=O) groups is 1. The molecule has 6 nitrogen and oxygen atoms in total. The summed E-state index contributed by atoms with van der Waals surface area (Å²) in [6, 6.07) is 3.83. The smallest absolute Gasteiger partial charge is 0.226 e. The van der Waals surface area contributed by atoms with Crippen LogP contribution >= 0.6 is 11.3 Å². The van der Waals surface area contributed by atoms with Crippen molar-refractivity contribution in [2.45, 2.75) is 79.5 Å². The lowest BCUT2D eigenvalue weighted by atomic mass is 9.75. The van der Waals surface area contributed by atoms with Crippen LogP contribution in [0.25, 0.3) is 10.6 Å². The molecule has 2 aromatic heterocycles. The van der Waals surface area contributed by atoms with E-state index in [0.29, 0.717) is 18.9 Å². The minimum Gasteiger partial charge on any atom is -0.391 e. The van der Waals surface area contributed by atoms with Crippen molar-refractivity contribution in [1.29, 1.82) is 0 Å². The van der Waals surface area contributed by atoms with Gasteiger partial charge in [0.05, 0.1) is 33.9 Å². The highest BCUT2D eigenvalue weighted by atomic mass is 32.1. The molecule has 1 saturated heterocycles. The number of thiazole rings is 1. The zero-order chi connectivity index (χ0) is 25.2. The second-order valence-electron chi connectivity index (χ2n) is 11.1. The molecule has 0 aromatic carbocycles. The van der Waals surface area contributed by atoms with E-state index in [1.54, 1.807) is 11.3 Å². The molecule has 4 atom stereocenters. The first-order valence-electron chi connectivity index (χ1n) is 12.2. The van der Waals surface area contributed by atoms with Gasteiger partial charge >= 0.3 is 0 Å². The van der Waals surface area contributed by atoms with Crippen LogP contribution in [-0.2, 0) is 4.79 Å². The van der Waals surface area contributed by atoms with Gasteiger partial charge in [-0.25, -0.2) is 4.98 Å². The van der Waals surface area contributed by atoms with Gasteiger partial charge < -0.3 is 15.3 Å². The number of aliphatic hydroxyl groups excluding tert-OH is 1. The molecular weight excluding hydrogens is 444 g/mol. The van der Waals surface area contributed by atoms with Crippen LogP contribution in [0.15, 0.2) is 36.1 Å². The van der Waals surface area contributed by atoms with Crippen molar-refractivity contribution < 1.29 is 9.90 Å². The topological polar surface area (TPSA) is 78.4 Å². The van der Waals surface area contributed by atoms with Crippen molar-refractivity contribution in [3.8, 4) is 10.6 Å². The van der Waals surface area contributed by atoms with Crippen LogP contribution in [-0.4, -0.2) is 44.6 Å². The standard InChI is InChI=1S/C27H40N4O2S/c1-16(2)11-22(27(6,7)8)26(33)31-14-21(32)12-24(31)18(4)30-17(3)20-9-10-23(28-13-20)25-19(5)29-15-34-25/h9-10,13,15-17,21-22,24,30,32H,4,11-12,14H2,1-3,5-8H3/t17-,21+,22+,24-/m0/s1. The minimum atomic E-state index is -0.536.